The van der Waals surface area contributed by atoms with E-state index in [9.17, 15) is 4.79 Å². The lowest BCUT2D eigenvalue weighted by atomic mass is 9.94. The summed E-state index contributed by atoms with van der Waals surface area (Å²) in [6.07, 6.45) is 0. The van der Waals surface area contributed by atoms with Crippen molar-refractivity contribution in [1.29, 1.82) is 10.5 Å². The molecule has 0 heterocycles. The van der Waals surface area contributed by atoms with Gasteiger partial charge >= 0.3 is 5.97 Å². The molecule has 86 valence electrons. The van der Waals surface area contributed by atoms with Crippen molar-refractivity contribution in [1.82, 2.24) is 0 Å². The average Bonchev–Trinajstić information content (AvgIpc) is 2.30. The first-order valence-corrected chi connectivity index (χ1v) is 5.18. The van der Waals surface area contributed by atoms with Gasteiger partial charge in [-0.1, -0.05) is 0 Å². The van der Waals surface area contributed by atoms with Crippen LogP contribution in [0.3, 0.4) is 0 Å². The molecule has 0 radical (unpaired) electrons. The van der Waals surface area contributed by atoms with E-state index in [-0.39, 0.29) is 12.2 Å². The molecule has 0 aliphatic carbocycles. The topological polar surface area (TPSA) is 73.9 Å². The van der Waals surface area contributed by atoms with Crippen LogP contribution in [0, 0.1) is 36.5 Å². The zero-order valence-corrected chi connectivity index (χ0v) is 10.00. The van der Waals surface area contributed by atoms with E-state index in [0.717, 1.165) is 0 Å². The van der Waals surface area contributed by atoms with Crippen molar-refractivity contribution < 1.29 is 9.53 Å². The molecule has 1 rings (SSSR count). The molecule has 0 aromatic heterocycles. The molecule has 0 spiro atoms. The molecule has 17 heavy (non-hydrogen) atoms. The molecular weight excluding hydrogens is 216 g/mol. The van der Waals surface area contributed by atoms with Gasteiger partial charge in [0.2, 0.25) is 0 Å². The molecule has 0 atom stereocenters. The minimum atomic E-state index is -0.502. The number of carbonyl (C=O) groups is 1. The number of nitrogens with zero attached hydrogens (tertiary/aromatic N) is 2. The van der Waals surface area contributed by atoms with Crippen LogP contribution in [0.25, 0.3) is 0 Å². The maximum Gasteiger partial charge on any atom is 0.338 e. The monoisotopic (exact) mass is 228 g/mol. The van der Waals surface area contributed by atoms with Crippen LogP contribution in [0.5, 0.6) is 0 Å². The Morgan fingerprint density at radius 1 is 1.29 bits per heavy atom. The van der Waals surface area contributed by atoms with Crippen LogP contribution in [0.2, 0.25) is 0 Å². The molecule has 0 N–H and O–H groups in total. The minimum Gasteiger partial charge on any atom is -0.462 e. The molecule has 0 amide bonds. The van der Waals surface area contributed by atoms with Gasteiger partial charge in [0.1, 0.15) is 0 Å². The Morgan fingerprint density at radius 2 is 1.94 bits per heavy atom. The largest absolute Gasteiger partial charge is 0.462 e. The molecule has 4 heteroatoms. The lowest BCUT2D eigenvalue weighted by molar-refractivity contribution is 0.0525. The Hall–Kier alpha value is -2.33. The molecule has 0 aliphatic rings. The molecule has 1 aromatic carbocycles. The fraction of sp³-hybridized carbons (Fsp3) is 0.308. The van der Waals surface area contributed by atoms with Gasteiger partial charge < -0.3 is 4.74 Å². The van der Waals surface area contributed by atoms with Crippen LogP contribution in [0.4, 0.5) is 0 Å². The van der Waals surface area contributed by atoms with Crippen LogP contribution in [0.1, 0.15) is 39.5 Å². The van der Waals surface area contributed by atoms with Crippen molar-refractivity contribution in [3.05, 3.63) is 33.9 Å². The highest BCUT2D eigenvalue weighted by atomic mass is 16.5. The number of carbonyl (C=O) groups excluding carboxylic acids is 1. The van der Waals surface area contributed by atoms with E-state index >= 15 is 0 Å². The summed E-state index contributed by atoms with van der Waals surface area (Å²) < 4.78 is 4.89. The smallest absolute Gasteiger partial charge is 0.338 e. The Bertz CT molecular complexity index is 548. The van der Waals surface area contributed by atoms with E-state index < -0.39 is 5.97 Å². The summed E-state index contributed by atoms with van der Waals surface area (Å²) in [6.45, 7) is 5.34. The van der Waals surface area contributed by atoms with E-state index in [1.165, 1.54) is 6.07 Å². The summed E-state index contributed by atoms with van der Waals surface area (Å²) >= 11 is 0. The molecule has 4 nitrogen and oxygen atoms in total. The molecule has 1 aromatic rings. The SMILES string of the molecule is CCOC(=O)c1cc(C#N)c(C)c(C#N)c1C. The van der Waals surface area contributed by atoms with Crippen LogP contribution >= 0.6 is 0 Å². The lowest BCUT2D eigenvalue weighted by Crippen LogP contribution is -2.09. The zero-order chi connectivity index (χ0) is 13.0. The van der Waals surface area contributed by atoms with Crippen LogP contribution in [-0.4, -0.2) is 12.6 Å². The van der Waals surface area contributed by atoms with Gasteiger partial charge in [-0.05, 0) is 38.0 Å². The summed E-state index contributed by atoms with van der Waals surface area (Å²) in [4.78, 5) is 11.7. The van der Waals surface area contributed by atoms with Gasteiger partial charge in [-0.2, -0.15) is 10.5 Å². The fourth-order valence-electron chi connectivity index (χ4n) is 1.62. The maximum absolute atomic E-state index is 11.7. The van der Waals surface area contributed by atoms with Crippen LogP contribution in [0.15, 0.2) is 6.07 Å². The Labute approximate surface area is 100 Å². The van der Waals surface area contributed by atoms with Crippen LogP contribution < -0.4 is 0 Å². The molecule has 0 saturated heterocycles. The molecule has 0 unspecified atom stereocenters. The molecule has 0 saturated carbocycles. The van der Waals surface area contributed by atoms with Gasteiger partial charge in [-0.25, -0.2) is 4.79 Å². The highest BCUT2D eigenvalue weighted by Gasteiger charge is 2.17. The Morgan fingerprint density at radius 3 is 2.41 bits per heavy atom. The summed E-state index contributed by atoms with van der Waals surface area (Å²) in [5.74, 6) is -0.502. The third-order valence-electron chi connectivity index (χ3n) is 2.57. The molecular formula is C13H12N2O2. The first-order valence-electron chi connectivity index (χ1n) is 5.18. The van der Waals surface area contributed by atoms with Crippen molar-refractivity contribution >= 4 is 5.97 Å². The number of hydrogen-bond donors (Lipinski definition) is 0. The van der Waals surface area contributed by atoms with Gasteiger partial charge in [0.25, 0.3) is 0 Å². The predicted molar refractivity (Wildman–Crippen MR) is 61.3 cm³/mol. The predicted octanol–water partition coefficient (Wildman–Crippen LogP) is 2.22. The quantitative estimate of drug-likeness (QED) is 0.727. The van der Waals surface area contributed by atoms with Gasteiger partial charge in [-0.15, -0.1) is 0 Å². The van der Waals surface area contributed by atoms with E-state index in [4.69, 9.17) is 15.3 Å². The van der Waals surface area contributed by atoms with E-state index in [1.54, 1.807) is 20.8 Å². The second-order valence-electron chi connectivity index (χ2n) is 3.54. The number of benzene rings is 1. The summed E-state index contributed by atoms with van der Waals surface area (Å²) in [5.41, 5.74) is 2.14. The standard InChI is InChI=1S/C13H12N2O2/c1-4-17-13(16)11-5-10(6-14)8(2)12(7-15)9(11)3/h5H,4H2,1-3H3. The number of rotatable bonds is 2. The van der Waals surface area contributed by atoms with Gasteiger partial charge in [0, 0.05) is 0 Å². The number of ether oxygens (including phenoxy) is 1. The van der Waals surface area contributed by atoms with Gasteiger partial charge in [0.05, 0.1) is 35.4 Å². The van der Waals surface area contributed by atoms with Crippen molar-refractivity contribution in [2.24, 2.45) is 0 Å². The first kappa shape index (κ1) is 12.7. The minimum absolute atomic E-state index is 0.260. The molecule has 0 fully saturated rings. The van der Waals surface area contributed by atoms with Crippen molar-refractivity contribution in [2.45, 2.75) is 20.8 Å². The van der Waals surface area contributed by atoms with E-state index in [0.29, 0.717) is 22.3 Å². The van der Waals surface area contributed by atoms with E-state index in [1.807, 2.05) is 12.1 Å². The van der Waals surface area contributed by atoms with E-state index in [2.05, 4.69) is 0 Å². The lowest BCUT2D eigenvalue weighted by Gasteiger charge is -2.10. The molecule has 0 bridgehead atoms. The number of hydrogen-bond acceptors (Lipinski definition) is 4. The van der Waals surface area contributed by atoms with Crippen molar-refractivity contribution in [2.75, 3.05) is 6.61 Å². The van der Waals surface area contributed by atoms with Gasteiger partial charge in [-0.3, -0.25) is 0 Å². The second kappa shape index (κ2) is 5.14. The third kappa shape index (κ3) is 2.26. The van der Waals surface area contributed by atoms with Crippen LogP contribution in [-0.2, 0) is 4.74 Å². The summed E-state index contributed by atoms with van der Waals surface area (Å²) in [6, 6.07) is 5.47. The second-order valence-corrected chi connectivity index (χ2v) is 3.54. The summed E-state index contributed by atoms with van der Waals surface area (Å²) in [5, 5.41) is 18.0. The third-order valence-corrected chi connectivity index (χ3v) is 2.57. The zero-order valence-electron chi connectivity index (χ0n) is 10.00. The highest BCUT2D eigenvalue weighted by Crippen LogP contribution is 2.22. The first-order chi connectivity index (χ1) is 8.06. The fourth-order valence-corrected chi connectivity index (χ4v) is 1.62. The number of esters is 1. The summed E-state index contributed by atoms with van der Waals surface area (Å²) in [7, 11) is 0. The number of nitriles is 2. The maximum atomic E-state index is 11.7. The Kier molecular flexibility index (Phi) is 3.85. The Balaban J connectivity index is 3.50. The highest BCUT2D eigenvalue weighted by molar-refractivity contribution is 5.92. The average molecular weight is 228 g/mol. The van der Waals surface area contributed by atoms with Gasteiger partial charge in [0.15, 0.2) is 0 Å². The van der Waals surface area contributed by atoms with Crippen molar-refractivity contribution in [3.63, 3.8) is 0 Å². The molecule has 0 aliphatic heterocycles. The van der Waals surface area contributed by atoms with Crippen molar-refractivity contribution in [3.8, 4) is 12.1 Å². The normalized spacial score (nSPS) is 9.24.